The highest BCUT2D eigenvalue weighted by Gasteiger charge is 2.22. The number of rotatable bonds is 7. The molecule has 0 atom stereocenters. The van der Waals surface area contributed by atoms with E-state index in [-0.39, 0.29) is 5.82 Å². The molecule has 0 bridgehead atoms. The van der Waals surface area contributed by atoms with Crippen molar-refractivity contribution in [2.45, 2.75) is 25.9 Å². The summed E-state index contributed by atoms with van der Waals surface area (Å²) >= 11 is 3.51. The summed E-state index contributed by atoms with van der Waals surface area (Å²) in [6.07, 6.45) is 4.59. The van der Waals surface area contributed by atoms with E-state index in [9.17, 15) is 4.39 Å². The maximum Gasteiger partial charge on any atom is 0.141 e. The maximum absolute atomic E-state index is 13.0. The Bertz CT molecular complexity index is 893. The van der Waals surface area contributed by atoms with Gasteiger partial charge >= 0.3 is 0 Å². The Morgan fingerprint density at radius 1 is 1.19 bits per heavy atom. The van der Waals surface area contributed by atoms with Crippen molar-refractivity contribution in [3.63, 3.8) is 0 Å². The molecule has 0 spiro atoms. The van der Waals surface area contributed by atoms with Gasteiger partial charge in [0.25, 0.3) is 0 Å². The van der Waals surface area contributed by atoms with Crippen molar-refractivity contribution in [1.82, 2.24) is 15.0 Å². The molecular formula is C19H18BrFN4O. The topological polar surface area (TPSA) is 52.0 Å². The van der Waals surface area contributed by atoms with Gasteiger partial charge in [0.2, 0.25) is 0 Å². The number of nitrogens with zero attached hydrogens (tertiary/aromatic N) is 3. The van der Waals surface area contributed by atoms with Crippen LogP contribution >= 0.6 is 15.9 Å². The second-order valence-corrected chi connectivity index (χ2v) is 7.28. The van der Waals surface area contributed by atoms with E-state index >= 15 is 0 Å². The number of aromatic nitrogens is 3. The van der Waals surface area contributed by atoms with E-state index in [0.29, 0.717) is 18.0 Å². The molecule has 1 aliphatic carbocycles. The minimum Gasteiger partial charge on any atom is -0.456 e. The maximum atomic E-state index is 13.0. The number of hydrogen-bond acceptors (Lipinski definition) is 4. The molecule has 0 saturated heterocycles. The van der Waals surface area contributed by atoms with Gasteiger partial charge in [-0.25, -0.2) is 4.39 Å². The number of halogens is 2. The van der Waals surface area contributed by atoms with Crippen molar-refractivity contribution < 1.29 is 9.13 Å². The van der Waals surface area contributed by atoms with Crippen LogP contribution in [0.15, 0.2) is 53.1 Å². The molecule has 4 rings (SSSR count). The highest BCUT2D eigenvalue weighted by atomic mass is 79.9. The van der Waals surface area contributed by atoms with Gasteiger partial charge < -0.3 is 10.1 Å². The number of anilines is 1. The van der Waals surface area contributed by atoms with Crippen LogP contribution in [0.25, 0.3) is 0 Å². The summed E-state index contributed by atoms with van der Waals surface area (Å²) in [5.41, 5.74) is 1.86. The second-order valence-electron chi connectivity index (χ2n) is 6.43. The normalized spacial score (nSPS) is 13.6. The van der Waals surface area contributed by atoms with Gasteiger partial charge in [0.05, 0.1) is 17.2 Å². The minimum absolute atomic E-state index is 0.287. The number of hydrogen-bond donors (Lipinski definition) is 1. The van der Waals surface area contributed by atoms with Gasteiger partial charge in [0, 0.05) is 12.2 Å². The van der Waals surface area contributed by atoms with Crippen molar-refractivity contribution in [2.24, 2.45) is 5.92 Å². The lowest BCUT2D eigenvalue weighted by Crippen LogP contribution is -2.01. The number of ether oxygens (including phenoxy) is 1. The number of nitrogens with one attached hydrogen (secondary N) is 1. The van der Waals surface area contributed by atoms with Crippen molar-refractivity contribution in [2.75, 3.05) is 5.32 Å². The first-order valence-electron chi connectivity index (χ1n) is 8.51. The quantitative estimate of drug-likeness (QED) is 0.588. The van der Waals surface area contributed by atoms with Crippen LogP contribution in [0.3, 0.4) is 0 Å². The summed E-state index contributed by atoms with van der Waals surface area (Å²) in [5.74, 6) is 1.74. The predicted molar refractivity (Wildman–Crippen MR) is 101 cm³/mol. The summed E-state index contributed by atoms with van der Waals surface area (Å²) in [6, 6.07) is 11.7. The molecule has 0 amide bonds. The summed E-state index contributed by atoms with van der Waals surface area (Å²) in [5, 5.41) is 11.7. The average molecular weight is 417 g/mol. The molecule has 7 heteroatoms. The van der Waals surface area contributed by atoms with Crippen LogP contribution in [0.4, 0.5) is 10.1 Å². The molecule has 0 unspecified atom stereocenters. The van der Waals surface area contributed by atoms with Crippen molar-refractivity contribution in [3.05, 3.63) is 64.6 Å². The van der Waals surface area contributed by atoms with Crippen LogP contribution in [0.1, 0.15) is 18.5 Å². The SMILES string of the molecule is Fc1ccc(Oc2ccc(NCc3cn(CC4CC4)nn3)cc2Br)cc1. The fourth-order valence-corrected chi connectivity index (χ4v) is 3.05. The zero-order valence-electron chi connectivity index (χ0n) is 14.0. The van der Waals surface area contributed by atoms with Crippen LogP contribution in [-0.2, 0) is 13.1 Å². The van der Waals surface area contributed by atoms with E-state index in [1.165, 1.54) is 25.0 Å². The molecule has 0 aliphatic heterocycles. The molecule has 1 saturated carbocycles. The first kappa shape index (κ1) is 17.0. The highest BCUT2D eigenvalue weighted by molar-refractivity contribution is 9.10. The standard InChI is InChI=1S/C19H18BrFN4O/c20-18-9-15(5-8-19(18)26-17-6-3-14(21)4-7-17)22-10-16-12-25(24-23-16)11-13-1-2-13/h3-9,12-13,22H,1-2,10-11H2. The summed E-state index contributed by atoms with van der Waals surface area (Å²) < 4.78 is 21.5. The fraction of sp³-hybridized carbons (Fsp3) is 0.263. The summed E-state index contributed by atoms with van der Waals surface area (Å²) in [7, 11) is 0. The average Bonchev–Trinajstić information content (AvgIpc) is 3.33. The van der Waals surface area contributed by atoms with Gasteiger partial charge in [0.1, 0.15) is 23.0 Å². The Kier molecular flexibility index (Phi) is 4.88. The van der Waals surface area contributed by atoms with Crippen molar-refractivity contribution in [3.8, 4) is 11.5 Å². The predicted octanol–water partition coefficient (Wildman–Crippen LogP) is 4.99. The van der Waals surface area contributed by atoms with Crippen LogP contribution in [-0.4, -0.2) is 15.0 Å². The third kappa shape index (κ3) is 4.40. The Labute approximate surface area is 159 Å². The Morgan fingerprint density at radius 3 is 2.73 bits per heavy atom. The van der Waals surface area contributed by atoms with Gasteiger partial charge in [0.15, 0.2) is 0 Å². The van der Waals surface area contributed by atoms with Gasteiger partial charge in [-0.3, -0.25) is 4.68 Å². The molecule has 1 aliphatic rings. The van der Waals surface area contributed by atoms with Gasteiger partial charge in [-0.2, -0.15) is 0 Å². The van der Waals surface area contributed by atoms with Crippen LogP contribution in [0, 0.1) is 11.7 Å². The van der Waals surface area contributed by atoms with E-state index in [1.807, 2.05) is 29.1 Å². The third-order valence-electron chi connectivity index (χ3n) is 4.18. The third-order valence-corrected chi connectivity index (χ3v) is 4.79. The molecule has 134 valence electrons. The Hall–Kier alpha value is -2.41. The minimum atomic E-state index is -0.287. The van der Waals surface area contributed by atoms with Crippen molar-refractivity contribution >= 4 is 21.6 Å². The molecule has 1 fully saturated rings. The zero-order valence-corrected chi connectivity index (χ0v) is 15.6. The van der Waals surface area contributed by atoms with Gasteiger partial charge in [-0.05, 0) is 77.2 Å². The first-order chi connectivity index (χ1) is 12.7. The smallest absolute Gasteiger partial charge is 0.141 e. The molecule has 1 heterocycles. The Morgan fingerprint density at radius 2 is 2.00 bits per heavy atom. The van der Waals surface area contributed by atoms with E-state index in [4.69, 9.17) is 4.74 Å². The second kappa shape index (κ2) is 7.45. The molecule has 5 nitrogen and oxygen atoms in total. The van der Waals surface area contributed by atoms with Crippen LogP contribution in [0.5, 0.6) is 11.5 Å². The lowest BCUT2D eigenvalue weighted by molar-refractivity contribution is 0.477. The molecule has 26 heavy (non-hydrogen) atoms. The molecule has 2 aromatic carbocycles. The van der Waals surface area contributed by atoms with E-state index in [1.54, 1.807) is 12.1 Å². The zero-order chi connectivity index (χ0) is 17.9. The Balaban J connectivity index is 1.36. The van der Waals surface area contributed by atoms with E-state index in [0.717, 1.165) is 28.3 Å². The van der Waals surface area contributed by atoms with Crippen LogP contribution in [0.2, 0.25) is 0 Å². The molecule has 0 radical (unpaired) electrons. The first-order valence-corrected chi connectivity index (χ1v) is 9.31. The van der Waals surface area contributed by atoms with Gasteiger partial charge in [-0.15, -0.1) is 5.10 Å². The van der Waals surface area contributed by atoms with E-state index < -0.39 is 0 Å². The fourth-order valence-electron chi connectivity index (χ4n) is 2.59. The number of benzene rings is 2. The summed E-state index contributed by atoms with van der Waals surface area (Å²) in [4.78, 5) is 0. The molecule has 1 N–H and O–H groups in total. The largest absolute Gasteiger partial charge is 0.456 e. The monoisotopic (exact) mass is 416 g/mol. The molecule has 3 aromatic rings. The van der Waals surface area contributed by atoms with Gasteiger partial charge in [-0.1, -0.05) is 5.21 Å². The van der Waals surface area contributed by atoms with E-state index in [2.05, 4.69) is 31.6 Å². The highest BCUT2D eigenvalue weighted by Crippen LogP contribution is 2.32. The lowest BCUT2D eigenvalue weighted by atomic mass is 10.3. The summed E-state index contributed by atoms with van der Waals surface area (Å²) in [6.45, 7) is 1.57. The van der Waals surface area contributed by atoms with Crippen molar-refractivity contribution in [1.29, 1.82) is 0 Å². The van der Waals surface area contributed by atoms with Crippen LogP contribution < -0.4 is 10.1 Å². The molecular weight excluding hydrogens is 399 g/mol. The lowest BCUT2D eigenvalue weighted by Gasteiger charge is -2.10. The molecule has 1 aromatic heterocycles.